The van der Waals surface area contributed by atoms with Gasteiger partial charge >= 0.3 is 0 Å². The Bertz CT molecular complexity index is 356. The maximum absolute atomic E-state index is 10.6. The van der Waals surface area contributed by atoms with Crippen molar-refractivity contribution in [2.24, 2.45) is 5.73 Å². The smallest absolute Gasteiger partial charge is 0.276 e. The molecule has 6 heteroatoms. The summed E-state index contributed by atoms with van der Waals surface area (Å²) in [6, 6.07) is 4.20. The molecule has 0 amide bonds. The Hall–Kier alpha value is -1.17. The lowest BCUT2D eigenvalue weighted by Crippen LogP contribution is -2.13. The molecular weight excluding hydrogens is 208 g/mol. The molecule has 5 nitrogen and oxygen atoms in total. The highest BCUT2D eigenvalue weighted by atomic mass is 35.5. The van der Waals surface area contributed by atoms with E-state index in [1.54, 1.807) is 0 Å². The first-order valence-corrected chi connectivity index (χ1v) is 4.26. The standard InChI is InChI=1S/C8H9ClN2O3/c9-5-2-1-3-6(11(13)14)8(5)7(12)4-10/h1-3,7,12H,4,10H2/t7-/m0/s1. The summed E-state index contributed by atoms with van der Waals surface area (Å²) >= 11 is 5.73. The van der Waals surface area contributed by atoms with Crippen molar-refractivity contribution in [3.8, 4) is 0 Å². The van der Waals surface area contributed by atoms with Crippen LogP contribution in [0.1, 0.15) is 11.7 Å². The molecule has 1 rings (SSSR count). The van der Waals surface area contributed by atoms with Gasteiger partial charge in [0.15, 0.2) is 0 Å². The summed E-state index contributed by atoms with van der Waals surface area (Å²) in [5, 5.41) is 20.2. The second kappa shape index (κ2) is 4.36. The van der Waals surface area contributed by atoms with Gasteiger partial charge in [0, 0.05) is 12.6 Å². The van der Waals surface area contributed by atoms with Crippen LogP contribution in [0.15, 0.2) is 18.2 Å². The monoisotopic (exact) mass is 216 g/mol. The number of hydrogen-bond donors (Lipinski definition) is 2. The molecule has 0 bridgehead atoms. The number of hydrogen-bond acceptors (Lipinski definition) is 4. The Morgan fingerprint density at radius 3 is 2.79 bits per heavy atom. The third-order valence-electron chi connectivity index (χ3n) is 1.78. The normalized spacial score (nSPS) is 12.5. The topological polar surface area (TPSA) is 89.4 Å². The number of rotatable bonds is 3. The van der Waals surface area contributed by atoms with Crippen molar-refractivity contribution in [1.29, 1.82) is 0 Å². The van der Waals surface area contributed by atoms with Gasteiger partial charge in [0.1, 0.15) is 0 Å². The predicted octanol–water partition coefficient (Wildman–Crippen LogP) is 1.24. The molecule has 1 aromatic rings. The largest absolute Gasteiger partial charge is 0.387 e. The van der Waals surface area contributed by atoms with E-state index in [1.807, 2.05) is 0 Å². The van der Waals surface area contributed by atoms with E-state index in [0.717, 1.165) is 0 Å². The molecular formula is C8H9ClN2O3. The average Bonchev–Trinajstić information content (AvgIpc) is 2.16. The minimum Gasteiger partial charge on any atom is -0.387 e. The second-order valence-corrected chi connectivity index (χ2v) is 3.09. The van der Waals surface area contributed by atoms with E-state index in [-0.39, 0.29) is 22.8 Å². The Labute approximate surface area is 85.3 Å². The number of nitro groups is 1. The van der Waals surface area contributed by atoms with Gasteiger partial charge in [-0.3, -0.25) is 10.1 Å². The first kappa shape index (κ1) is 10.9. The van der Waals surface area contributed by atoms with Crippen LogP contribution in [0.4, 0.5) is 5.69 Å². The fraction of sp³-hybridized carbons (Fsp3) is 0.250. The molecule has 0 spiro atoms. The SMILES string of the molecule is NC[C@H](O)c1c(Cl)cccc1[N+](=O)[O-]. The fourth-order valence-corrected chi connectivity index (χ4v) is 1.43. The second-order valence-electron chi connectivity index (χ2n) is 2.68. The van der Waals surface area contributed by atoms with Gasteiger partial charge in [0.05, 0.1) is 21.6 Å². The van der Waals surface area contributed by atoms with Crippen molar-refractivity contribution in [2.75, 3.05) is 6.54 Å². The van der Waals surface area contributed by atoms with Crippen LogP contribution < -0.4 is 5.73 Å². The zero-order valence-electron chi connectivity index (χ0n) is 7.18. The molecule has 3 N–H and O–H groups in total. The van der Waals surface area contributed by atoms with Gasteiger partial charge in [-0.25, -0.2) is 0 Å². The first-order chi connectivity index (χ1) is 6.57. The maximum Gasteiger partial charge on any atom is 0.276 e. The number of aliphatic hydroxyl groups excluding tert-OH is 1. The molecule has 0 aliphatic heterocycles. The van der Waals surface area contributed by atoms with Crippen molar-refractivity contribution in [2.45, 2.75) is 6.10 Å². The molecule has 0 radical (unpaired) electrons. The molecule has 0 aromatic heterocycles. The molecule has 0 saturated heterocycles. The molecule has 0 heterocycles. The third-order valence-corrected chi connectivity index (χ3v) is 2.11. The number of benzene rings is 1. The summed E-state index contributed by atoms with van der Waals surface area (Å²) in [5.41, 5.74) is 5.07. The molecule has 0 aliphatic rings. The number of nitrogens with zero attached hydrogens (tertiary/aromatic N) is 1. The van der Waals surface area contributed by atoms with Gasteiger partial charge in [-0.15, -0.1) is 0 Å². The van der Waals surface area contributed by atoms with Gasteiger partial charge in [-0.1, -0.05) is 17.7 Å². The highest BCUT2D eigenvalue weighted by Gasteiger charge is 2.22. The van der Waals surface area contributed by atoms with E-state index in [1.165, 1.54) is 18.2 Å². The lowest BCUT2D eigenvalue weighted by molar-refractivity contribution is -0.386. The summed E-state index contributed by atoms with van der Waals surface area (Å²) < 4.78 is 0. The van der Waals surface area contributed by atoms with Crippen molar-refractivity contribution < 1.29 is 10.0 Å². The minimum absolute atomic E-state index is 0.0710. The molecule has 0 aliphatic carbocycles. The van der Waals surface area contributed by atoms with Crippen molar-refractivity contribution >= 4 is 17.3 Å². The maximum atomic E-state index is 10.6. The van der Waals surface area contributed by atoms with Crippen molar-refractivity contribution in [3.63, 3.8) is 0 Å². The van der Waals surface area contributed by atoms with Gasteiger partial charge in [-0.2, -0.15) is 0 Å². The quantitative estimate of drug-likeness (QED) is 0.588. The predicted molar refractivity (Wildman–Crippen MR) is 52.1 cm³/mol. The van der Waals surface area contributed by atoms with Crippen LogP contribution in [-0.2, 0) is 0 Å². The highest BCUT2D eigenvalue weighted by Crippen LogP contribution is 2.31. The Balaban J connectivity index is 3.29. The summed E-state index contributed by atoms with van der Waals surface area (Å²) in [7, 11) is 0. The minimum atomic E-state index is -1.11. The number of nitrogens with two attached hydrogens (primary N) is 1. The summed E-state index contributed by atoms with van der Waals surface area (Å²) in [6.07, 6.45) is -1.11. The van der Waals surface area contributed by atoms with E-state index in [2.05, 4.69) is 0 Å². The third kappa shape index (κ3) is 2.01. The van der Waals surface area contributed by atoms with Gasteiger partial charge in [0.2, 0.25) is 0 Å². The molecule has 1 aromatic carbocycles. The Morgan fingerprint density at radius 1 is 1.64 bits per heavy atom. The van der Waals surface area contributed by atoms with Crippen LogP contribution in [-0.4, -0.2) is 16.6 Å². The summed E-state index contributed by atoms with van der Waals surface area (Å²) in [5.74, 6) is 0. The van der Waals surface area contributed by atoms with E-state index in [9.17, 15) is 15.2 Å². The number of nitro benzene ring substituents is 1. The van der Waals surface area contributed by atoms with Crippen LogP contribution in [0.25, 0.3) is 0 Å². The lowest BCUT2D eigenvalue weighted by atomic mass is 10.1. The Kier molecular flexibility index (Phi) is 3.40. The average molecular weight is 217 g/mol. The number of halogens is 1. The Morgan fingerprint density at radius 2 is 2.29 bits per heavy atom. The first-order valence-electron chi connectivity index (χ1n) is 3.89. The van der Waals surface area contributed by atoms with Crippen LogP contribution in [0.5, 0.6) is 0 Å². The molecule has 1 atom stereocenters. The zero-order chi connectivity index (χ0) is 10.7. The van der Waals surface area contributed by atoms with Crippen molar-refractivity contribution in [3.05, 3.63) is 38.9 Å². The van der Waals surface area contributed by atoms with Crippen molar-refractivity contribution in [1.82, 2.24) is 0 Å². The molecule has 76 valence electrons. The van der Waals surface area contributed by atoms with E-state index in [0.29, 0.717) is 0 Å². The zero-order valence-corrected chi connectivity index (χ0v) is 7.94. The molecule has 0 fully saturated rings. The van der Waals surface area contributed by atoms with Crippen LogP contribution in [0.2, 0.25) is 5.02 Å². The molecule has 14 heavy (non-hydrogen) atoms. The van der Waals surface area contributed by atoms with Crippen LogP contribution in [0.3, 0.4) is 0 Å². The molecule has 0 unspecified atom stereocenters. The number of aliphatic hydroxyl groups is 1. The lowest BCUT2D eigenvalue weighted by Gasteiger charge is -2.09. The van der Waals surface area contributed by atoms with Gasteiger partial charge in [0.25, 0.3) is 5.69 Å². The van der Waals surface area contributed by atoms with Crippen LogP contribution >= 0.6 is 11.6 Å². The molecule has 0 saturated carbocycles. The van der Waals surface area contributed by atoms with Crippen LogP contribution in [0, 0.1) is 10.1 Å². The fourth-order valence-electron chi connectivity index (χ4n) is 1.13. The highest BCUT2D eigenvalue weighted by molar-refractivity contribution is 6.31. The van der Waals surface area contributed by atoms with E-state index in [4.69, 9.17) is 17.3 Å². The van der Waals surface area contributed by atoms with E-state index >= 15 is 0 Å². The summed E-state index contributed by atoms with van der Waals surface area (Å²) in [4.78, 5) is 9.99. The van der Waals surface area contributed by atoms with E-state index < -0.39 is 11.0 Å². The van der Waals surface area contributed by atoms with Gasteiger partial charge < -0.3 is 10.8 Å². The van der Waals surface area contributed by atoms with Gasteiger partial charge in [-0.05, 0) is 6.07 Å². The summed E-state index contributed by atoms with van der Waals surface area (Å²) in [6.45, 7) is -0.107.